The van der Waals surface area contributed by atoms with E-state index in [4.69, 9.17) is 23.2 Å². The molecule has 0 spiro atoms. The molecule has 9 nitrogen and oxygen atoms in total. The highest BCUT2D eigenvalue weighted by Gasteiger charge is 2.43. The topological polar surface area (TPSA) is 119 Å². The number of carbonyl (C=O) groups excluding carboxylic acids is 1. The molecule has 0 fully saturated rings. The molecule has 0 heterocycles. The van der Waals surface area contributed by atoms with Gasteiger partial charge >= 0.3 is 12.1 Å². The summed E-state index contributed by atoms with van der Waals surface area (Å²) in [7, 11) is 2.40. The molecule has 1 N–H and O–H groups in total. The number of rotatable bonds is 4. The molecule has 0 aromatic heterocycles. The lowest BCUT2D eigenvalue weighted by Gasteiger charge is -2.18. The molecule has 1 amide bonds. The average molecular weight is 469 g/mol. The molecule has 14 heteroatoms. The van der Waals surface area contributed by atoms with Crippen LogP contribution in [-0.2, 0) is 4.79 Å². The Kier molecular flexibility index (Phi) is 8.37. The summed E-state index contributed by atoms with van der Waals surface area (Å²) in [5, 5.41) is 24.2. The van der Waals surface area contributed by atoms with E-state index in [2.05, 4.69) is 5.32 Å². The molecule has 0 aliphatic carbocycles. The number of nitrogens with one attached hydrogen (secondary N) is 1. The predicted molar refractivity (Wildman–Crippen MR) is 105 cm³/mol. The Bertz CT molecular complexity index is 972. The normalized spacial score (nSPS) is 10.5. The number of hydrogen-bond acceptors (Lipinski definition) is 6. The van der Waals surface area contributed by atoms with Crippen LogP contribution in [0.5, 0.6) is 0 Å². The molecule has 0 aliphatic heterocycles. The van der Waals surface area contributed by atoms with E-state index in [0.717, 1.165) is 25.2 Å². The van der Waals surface area contributed by atoms with Crippen LogP contribution < -0.4 is 10.2 Å². The maximum atomic E-state index is 12.2. The van der Waals surface area contributed by atoms with Crippen molar-refractivity contribution in [3.05, 3.63) is 66.7 Å². The van der Waals surface area contributed by atoms with Gasteiger partial charge in [0, 0.05) is 36.3 Å². The molecule has 0 unspecified atom stereocenters. The van der Waals surface area contributed by atoms with Gasteiger partial charge in [-0.3, -0.25) is 25.0 Å². The molecule has 0 bridgehead atoms. The number of benzene rings is 2. The number of carbonyl (C=O) groups is 1. The second kappa shape index (κ2) is 10.1. The lowest BCUT2D eigenvalue weighted by Crippen LogP contribution is -2.38. The minimum atomic E-state index is -5.12. The molecule has 162 valence electrons. The number of anilines is 2. The van der Waals surface area contributed by atoms with Crippen molar-refractivity contribution < 1.29 is 27.8 Å². The lowest BCUT2D eigenvalue weighted by atomic mass is 10.2. The monoisotopic (exact) mass is 468 g/mol. The van der Waals surface area contributed by atoms with Gasteiger partial charge < -0.3 is 10.2 Å². The summed E-state index contributed by atoms with van der Waals surface area (Å²) in [6.45, 7) is 0. The summed E-state index contributed by atoms with van der Waals surface area (Å²) in [6.07, 6.45) is -5.12. The van der Waals surface area contributed by atoms with Crippen LogP contribution in [0.4, 0.5) is 35.9 Å². The fraction of sp³-hybridized carbons (Fsp3) is 0.188. The summed E-state index contributed by atoms with van der Waals surface area (Å²) in [5.74, 6) is -2.21. The van der Waals surface area contributed by atoms with Crippen molar-refractivity contribution in [2.24, 2.45) is 0 Å². The first-order valence-electron chi connectivity index (χ1n) is 7.70. The Morgan fingerprint density at radius 3 is 1.90 bits per heavy atom. The smallest absolute Gasteiger partial charge is 0.383 e. The third-order valence-corrected chi connectivity index (χ3v) is 3.94. The van der Waals surface area contributed by atoms with E-state index in [-0.39, 0.29) is 15.6 Å². The lowest BCUT2D eigenvalue weighted by molar-refractivity contribution is -0.384. The highest BCUT2D eigenvalue weighted by atomic mass is 35.5. The maximum absolute atomic E-state index is 12.2. The number of amides is 1. The number of hydrogen-bond donors (Lipinski definition) is 1. The van der Waals surface area contributed by atoms with Crippen molar-refractivity contribution in [1.29, 1.82) is 0 Å². The van der Waals surface area contributed by atoms with Gasteiger partial charge in [0.05, 0.1) is 9.85 Å². The predicted octanol–water partition coefficient (Wildman–Crippen LogP) is 5.06. The standard InChI is InChI=1S/C9H6ClF3N2O3.C7H7ClN2O2/c1-14(8(16)9(11,12)13)7-4-5(10)2-3-6(7)15(17)18;1-9-6-4-5(8)2-3-7(6)10(11)12/h2-4H,1H3;2-4,9H,1H3. The highest BCUT2D eigenvalue weighted by molar-refractivity contribution is 6.31. The third kappa shape index (κ3) is 6.46. The molecule has 2 aromatic rings. The molecule has 0 saturated heterocycles. The molecule has 2 rings (SSSR count). The van der Waals surface area contributed by atoms with Crippen molar-refractivity contribution in [2.45, 2.75) is 6.18 Å². The van der Waals surface area contributed by atoms with Crippen LogP contribution in [0.1, 0.15) is 0 Å². The number of nitro groups is 2. The molecule has 30 heavy (non-hydrogen) atoms. The fourth-order valence-electron chi connectivity index (χ4n) is 2.09. The first-order chi connectivity index (χ1) is 13.8. The van der Waals surface area contributed by atoms with Crippen molar-refractivity contribution in [3.8, 4) is 0 Å². The summed E-state index contributed by atoms with van der Waals surface area (Å²) < 4.78 is 36.7. The van der Waals surface area contributed by atoms with E-state index >= 15 is 0 Å². The van der Waals surface area contributed by atoms with Gasteiger partial charge in [0.25, 0.3) is 11.4 Å². The molecular formula is C16H13Cl2F3N4O5. The molecule has 2 aromatic carbocycles. The molecule has 0 saturated carbocycles. The van der Waals surface area contributed by atoms with E-state index in [1.807, 2.05) is 0 Å². The van der Waals surface area contributed by atoms with Crippen molar-refractivity contribution in [3.63, 3.8) is 0 Å². The zero-order valence-electron chi connectivity index (χ0n) is 15.2. The summed E-state index contributed by atoms with van der Waals surface area (Å²) >= 11 is 11.2. The largest absolute Gasteiger partial charge is 0.471 e. The van der Waals surface area contributed by atoms with Crippen molar-refractivity contribution in [1.82, 2.24) is 0 Å². The Morgan fingerprint density at radius 2 is 1.47 bits per heavy atom. The Balaban J connectivity index is 0.000000325. The minimum Gasteiger partial charge on any atom is -0.383 e. The first-order valence-corrected chi connectivity index (χ1v) is 8.45. The maximum Gasteiger partial charge on any atom is 0.471 e. The summed E-state index contributed by atoms with van der Waals surface area (Å²) in [4.78, 5) is 30.8. The van der Waals surface area contributed by atoms with Gasteiger partial charge in [-0.05, 0) is 24.3 Å². The zero-order valence-corrected chi connectivity index (χ0v) is 16.7. The molecular weight excluding hydrogens is 456 g/mol. The minimum absolute atomic E-state index is 0.0163. The van der Waals surface area contributed by atoms with E-state index in [9.17, 15) is 38.2 Å². The quantitative estimate of drug-likeness (QED) is 0.494. The SMILES string of the molecule is CN(C(=O)C(F)(F)F)c1cc(Cl)ccc1[N+](=O)[O-].CNc1cc(Cl)ccc1[N+](=O)[O-]. The van der Waals surface area contributed by atoms with Crippen LogP contribution in [0.3, 0.4) is 0 Å². The van der Waals surface area contributed by atoms with Gasteiger partial charge in [0.2, 0.25) is 0 Å². The van der Waals surface area contributed by atoms with Crippen LogP contribution in [0.2, 0.25) is 10.0 Å². The molecule has 0 atom stereocenters. The highest BCUT2D eigenvalue weighted by Crippen LogP contribution is 2.32. The number of alkyl halides is 3. The average Bonchev–Trinajstić information content (AvgIpc) is 2.65. The van der Waals surface area contributed by atoms with Crippen LogP contribution >= 0.6 is 23.2 Å². The fourth-order valence-corrected chi connectivity index (χ4v) is 2.43. The number of nitrogens with zero attached hydrogens (tertiary/aromatic N) is 3. The number of nitro benzene ring substituents is 2. The van der Waals surface area contributed by atoms with Gasteiger partial charge in [0.1, 0.15) is 11.4 Å². The van der Waals surface area contributed by atoms with Gasteiger partial charge in [-0.2, -0.15) is 13.2 Å². The van der Waals surface area contributed by atoms with Gasteiger partial charge in [-0.15, -0.1) is 0 Å². The van der Waals surface area contributed by atoms with Gasteiger partial charge in [-0.1, -0.05) is 23.2 Å². The molecule has 0 radical (unpaired) electrons. The second-order valence-corrected chi connectivity index (χ2v) is 6.29. The second-order valence-electron chi connectivity index (χ2n) is 5.42. The third-order valence-electron chi connectivity index (χ3n) is 3.47. The van der Waals surface area contributed by atoms with Crippen molar-refractivity contribution in [2.75, 3.05) is 24.3 Å². The van der Waals surface area contributed by atoms with Crippen LogP contribution in [0, 0.1) is 20.2 Å². The van der Waals surface area contributed by atoms with Gasteiger partial charge in [-0.25, -0.2) is 0 Å². The van der Waals surface area contributed by atoms with Crippen LogP contribution in [0.25, 0.3) is 0 Å². The summed E-state index contributed by atoms with van der Waals surface area (Å²) in [6, 6.07) is 7.37. The van der Waals surface area contributed by atoms with Crippen LogP contribution in [0.15, 0.2) is 36.4 Å². The van der Waals surface area contributed by atoms with Crippen LogP contribution in [-0.4, -0.2) is 36.0 Å². The zero-order chi connectivity index (χ0) is 23.2. The Hall–Kier alpha value is -3.12. The van der Waals surface area contributed by atoms with E-state index in [1.54, 1.807) is 7.05 Å². The van der Waals surface area contributed by atoms with E-state index in [1.165, 1.54) is 18.2 Å². The Morgan fingerprint density at radius 1 is 1.00 bits per heavy atom. The first kappa shape index (κ1) is 24.9. The summed E-state index contributed by atoms with van der Waals surface area (Å²) in [5.41, 5.74) is -0.705. The van der Waals surface area contributed by atoms with E-state index in [0.29, 0.717) is 10.7 Å². The van der Waals surface area contributed by atoms with Gasteiger partial charge in [0.15, 0.2) is 0 Å². The number of halogens is 5. The molecule has 0 aliphatic rings. The van der Waals surface area contributed by atoms with E-state index < -0.39 is 33.3 Å². The van der Waals surface area contributed by atoms with Crippen molar-refractivity contribution >= 4 is 51.9 Å². The Labute approximate surface area is 177 Å².